The number of nitrogens with one attached hydrogen (secondary N) is 1. The van der Waals surface area contributed by atoms with Crippen molar-refractivity contribution in [3.8, 4) is 12.0 Å². The lowest BCUT2D eigenvalue weighted by Crippen LogP contribution is -2.29. The number of piperidine rings is 1. The lowest BCUT2D eigenvalue weighted by molar-refractivity contribution is 0.286. The van der Waals surface area contributed by atoms with E-state index in [1.165, 1.54) is 32.2 Å². The van der Waals surface area contributed by atoms with E-state index < -0.39 is 0 Å². The number of imidazole rings is 1. The lowest BCUT2D eigenvalue weighted by Gasteiger charge is -2.22. The SMILES string of the molecule is CCCCOc1nc(N)c2nc(OC)n(CCCC[C@H]3CCCNC3)c2n1. The van der Waals surface area contributed by atoms with Crippen LogP contribution in [0.4, 0.5) is 5.82 Å². The van der Waals surface area contributed by atoms with Crippen LogP contribution in [0.15, 0.2) is 0 Å². The van der Waals surface area contributed by atoms with Gasteiger partial charge in [0.25, 0.3) is 6.01 Å². The fraction of sp³-hybridized carbons (Fsp3) is 0.737. The molecular weight excluding hydrogens is 344 g/mol. The van der Waals surface area contributed by atoms with Crippen molar-refractivity contribution in [1.82, 2.24) is 24.8 Å². The summed E-state index contributed by atoms with van der Waals surface area (Å²) in [6.45, 7) is 5.82. The molecule has 27 heavy (non-hydrogen) atoms. The molecule has 0 saturated carbocycles. The quantitative estimate of drug-likeness (QED) is 0.615. The second-order valence-corrected chi connectivity index (χ2v) is 7.22. The van der Waals surface area contributed by atoms with Crippen LogP contribution in [-0.2, 0) is 6.54 Å². The molecule has 1 aliphatic heterocycles. The van der Waals surface area contributed by atoms with Crippen molar-refractivity contribution in [2.45, 2.75) is 58.4 Å². The van der Waals surface area contributed by atoms with Crippen molar-refractivity contribution in [2.24, 2.45) is 5.92 Å². The van der Waals surface area contributed by atoms with E-state index in [1.54, 1.807) is 7.11 Å². The Balaban J connectivity index is 1.68. The van der Waals surface area contributed by atoms with Crippen LogP contribution in [0.3, 0.4) is 0 Å². The van der Waals surface area contributed by atoms with E-state index >= 15 is 0 Å². The zero-order chi connectivity index (χ0) is 19.1. The molecule has 0 aromatic carbocycles. The summed E-state index contributed by atoms with van der Waals surface area (Å²) in [4.78, 5) is 13.2. The first-order chi connectivity index (χ1) is 13.2. The van der Waals surface area contributed by atoms with Gasteiger partial charge in [-0.15, -0.1) is 0 Å². The smallest absolute Gasteiger partial charge is 0.320 e. The van der Waals surface area contributed by atoms with Crippen LogP contribution in [0.25, 0.3) is 11.2 Å². The predicted molar refractivity (Wildman–Crippen MR) is 106 cm³/mol. The lowest BCUT2D eigenvalue weighted by atomic mass is 9.94. The third kappa shape index (κ3) is 5.00. The van der Waals surface area contributed by atoms with E-state index in [-0.39, 0.29) is 0 Å². The van der Waals surface area contributed by atoms with Crippen LogP contribution < -0.4 is 20.5 Å². The molecule has 1 atom stereocenters. The average molecular weight is 377 g/mol. The summed E-state index contributed by atoms with van der Waals surface area (Å²) in [6, 6.07) is 0.835. The molecule has 0 unspecified atom stereocenters. The maximum Gasteiger partial charge on any atom is 0.320 e. The van der Waals surface area contributed by atoms with Gasteiger partial charge >= 0.3 is 6.01 Å². The Labute approximate surface area is 160 Å². The van der Waals surface area contributed by atoms with Gasteiger partial charge < -0.3 is 20.5 Å². The molecule has 150 valence electrons. The molecule has 0 amide bonds. The number of nitrogens with zero attached hydrogens (tertiary/aromatic N) is 4. The number of hydrogen-bond acceptors (Lipinski definition) is 7. The molecule has 1 fully saturated rings. The number of fused-ring (bicyclic) bond motifs is 1. The van der Waals surface area contributed by atoms with Gasteiger partial charge in [-0.2, -0.15) is 15.0 Å². The van der Waals surface area contributed by atoms with E-state index in [2.05, 4.69) is 27.2 Å². The van der Waals surface area contributed by atoms with Gasteiger partial charge in [0.2, 0.25) is 0 Å². The molecule has 8 nitrogen and oxygen atoms in total. The van der Waals surface area contributed by atoms with Crippen molar-refractivity contribution in [3.05, 3.63) is 0 Å². The molecule has 8 heteroatoms. The topological polar surface area (TPSA) is 100 Å². The number of methoxy groups -OCH3 is 1. The van der Waals surface area contributed by atoms with E-state index in [1.807, 2.05) is 4.57 Å². The fourth-order valence-corrected chi connectivity index (χ4v) is 3.58. The van der Waals surface area contributed by atoms with E-state index in [0.29, 0.717) is 35.6 Å². The van der Waals surface area contributed by atoms with Crippen LogP contribution in [0, 0.1) is 5.92 Å². The van der Waals surface area contributed by atoms with Gasteiger partial charge in [-0.1, -0.05) is 19.8 Å². The number of nitrogen functional groups attached to an aromatic ring is 1. The molecule has 0 bridgehead atoms. The van der Waals surface area contributed by atoms with Gasteiger partial charge in [0.15, 0.2) is 17.0 Å². The van der Waals surface area contributed by atoms with Gasteiger partial charge in [-0.05, 0) is 51.1 Å². The summed E-state index contributed by atoms with van der Waals surface area (Å²) in [6.07, 6.45) is 8.13. The van der Waals surface area contributed by atoms with Gasteiger partial charge in [0, 0.05) is 6.54 Å². The number of hydrogen-bond donors (Lipinski definition) is 2. The van der Waals surface area contributed by atoms with Crippen molar-refractivity contribution in [1.29, 1.82) is 0 Å². The molecule has 3 rings (SSSR count). The van der Waals surface area contributed by atoms with Crippen LogP contribution in [-0.4, -0.2) is 46.3 Å². The van der Waals surface area contributed by atoms with Gasteiger partial charge in [-0.3, -0.25) is 4.57 Å². The monoisotopic (exact) mass is 376 g/mol. The van der Waals surface area contributed by atoms with Crippen molar-refractivity contribution in [2.75, 3.05) is 32.5 Å². The second kappa shape index (κ2) is 9.73. The molecule has 3 heterocycles. The third-order valence-corrected chi connectivity index (χ3v) is 5.12. The third-order valence-electron chi connectivity index (χ3n) is 5.12. The molecule has 2 aromatic heterocycles. The number of aryl methyl sites for hydroxylation is 1. The first kappa shape index (κ1) is 19.7. The van der Waals surface area contributed by atoms with E-state index in [4.69, 9.17) is 15.2 Å². The minimum Gasteiger partial charge on any atom is -0.468 e. The number of nitrogens with two attached hydrogens (primary N) is 1. The van der Waals surface area contributed by atoms with Crippen molar-refractivity contribution >= 4 is 17.0 Å². The molecule has 0 spiro atoms. The average Bonchev–Trinajstić information content (AvgIpc) is 3.04. The Morgan fingerprint density at radius 1 is 1.22 bits per heavy atom. The van der Waals surface area contributed by atoms with Gasteiger partial charge in [0.05, 0.1) is 13.7 Å². The number of anilines is 1. The largest absolute Gasteiger partial charge is 0.468 e. The maximum absolute atomic E-state index is 6.08. The molecule has 3 N–H and O–H groups in total. The Hall–Kier alpha value is -2.09. The summed E-state index contributed by atoms with van der Waals surface area (Å²) in [5.41, 5.74) is 7.34. The number of aromatic nitrogens is 4. The zero-order valence-electron chi connectivity index (χ0n) is 16.5. The van der Waals surface area contributed by atoms with Gasteiger partial charge in [0.1, 0.15) is 0 Å². The summed E-state index contributed by atoms with van der Waals surface area (Å²) < 4.78 is 13.1. The molecule has 2 aromatic rings. The van der Waals surface area contributed by atoms with Crippen LogP contribution in [0.2, 0.25) is 0 Å². The highest BCUT2D eigenvalue weighted by molar-refractivity contribution is 5.83. The summed E-state index contributed by atoms with van der Waals surface area (Å²) >= 11 is 0. The first-order valence-corrected chi connectivity index (χ1v) is 10.1. The van der Waals surface area contributed by atoms with E-state index in [0.717, 1.165) is 38.3 Å². The summed E-state index contributed by atoms with van der Waals surface area (Å²) in [7, 11) is 1.62. The van der Waals surface area contributed by atoms with E-state index in [9.17, 15) is 0 Å². The Morgan fingerprint density at radius 3 is 2.85 bits per heavy atom. The number of rotatable bonds is 10. The van der Waals surface area contributed by atoms with Crippen LogP contribution in [0.1, 0.15) is 51.9 Å². The number of unbranched alkanes of at least 4 members (excludes halogenated alkanes) is 2. The minimum atomic E-state index is 0.311. The molecule has 1 aliphatic rings. The second-order valence-electron chi connectivity index (χ2n) is 7.22. The highest BCUT2D eigenvalue weighted by Crippen LogP contribution is 2.26. The normalized spacial score (nSPS) is 17.3. The highest BCUT2D eigenvalue weighted by Gasteiger charge is 2.18. The molecule has 0 radical (unpaired) electrons. The summed E-state index contributed by atoms with van der Waals surface area (Å²) in [5, 5.41) is 3.49. The Bertz CT molecular complexity index is 727. The summed E-state index contributed by atoms with van der Waals surface area (Å²) in [5.74, 6) is 1.13. The van der Waals surface area contributed by atoms with Gasteiger partial charge in [-0.25, -0.2) is 0 Å². The van der Waals surface area contributed by atoms with Crippen molar-refractivity contribution < 1.29 is 9.47 Å². The van der Waals surface area contributed by atoms with Crippen LogP contribution >= 0.6 is 0 Å². The first-order valence-electron chi connectivity index (χ1n) is 10.1. The van der Waals surface area contributed by atoms with Crippen molar-refractivity contribution in [3.63, 3.8) is 0 Å². The fourth-order valence-electron chi connectivity index (χ4n) is 3.58. The number of ether oxygens (including phenoxy) is 2. The Kier molecular flexibility index (Phi) is 7.09. The molecule has 0 aliphatic carbocycles. The molecule has 1 saturated heterocycles. The zero-order valence-corrected chi connectivity index (χ0v) is 16.5. The van der Waals surface area contributed by atoms with Crippen LogP contribution in [0.5, 0.6) is 12.0 Å². The highest BCUT2D eigenvalue weighted by atomic mass is 16.5. The standard InChI is InChI=1S/C19H32N6O2/c1-3-4-12-27-18-23-16(20)15-17(24-18)25(19(22-15)26-2)11-6-5-8-14-9-7-10-21-13-14/h14,21H,3-13H2,1-2H3,(H2,20,23,24)/t14-/m0/s1. The predicted octanol–water partition coefficient (Wildman–Crippen LogP) is 2.77. The maximum atomic E-state index is 6.08. The Morgan fingerprint density at radius 2 is 2.11 bits per heavy atom. The minimum absolute atomic E-state index is 0.311. The molecular formula is C19H32N6O2.